The molecule has 5 fully saturated rings. The minimum atomic E-state index is -0.269. The van der Waals surface area contributed by atoms with E-state index in [1.165, 1.54) is 12.8 Å². The van der Waals surface area contributed by atoms with Gasteiger partial charge in [0.1, 0.15) is 0 Å². The van der Waals surface area contributed by atoms with E-state index < -0.39 is 0 Å². The monoisotopic (exact) mass is 374 g/mol. The van der Waals surface area contributed by atoms with Gasteiger partial charge in [-0.05, 0) is 91.3 Å². The van der Waals surface area contributed by atoms with Crippen LogP contribution in [0, 0.1) is 65.1 Å². The minimum Gasteiger partial charge on any atom is -0.436 e. The van der Waals surface area contributed by atoms with E-state index in [0.29, 0.717) is 5.92 Å². The highest BCUT2D eigenvalue weighted by Crippen LogP contribution is 2.73. The average Bonchev–Trinajstić information content (AvgIpc) is 3.38. The molecule has 152 valence electrons. The highest BCUT2D eigenvalue weighted by Gasteiger charge is 2.68. The molecule has 1 aliphatic heterocycles. The van der Waals surface area contributed by atoms with Crippen LogP contribution in [0.25, 0.3) is 0 Å². The molecule has 1 heterocycles. The first-order chi connectivity index (χ1) is 13.0. The van der Waals surface area contributed by atoms with E-state index in [2.05, 4.69) is 27.7 Å². The molecule has 4 bridgehead atoms. The van der Waals surface area contributed by atoms with Crippen molar-refractivity contribution in [1.82, 2.24) is 0 Å². The molecule has 3 heteroatoms. The predicted octanol–water partition coefficient (Wildman–Crippen LogP) is 5.14. The van der Waals surface area contributed by atoms with Gasteiger partial charge in [-0.25, -0.2) is 0 Å². The van der Waals surface area contributed by atoms with Crippen LogP contribution in [0.1, 0.15) is 66.2 Å². The number of hydrogen-bond donors (Lipinski definition) is 0. The smallest absolute Gasteiger partial charge is 0.311 e. The van der Waals surface area contributed by atoms with Gasteiger partial charge in [0.15, 0.2) is 0 Å². The predicted molar refractivity (Wildman–Crippen MR) is 105 cm³/mol. The normalized spacial score (nSPS) is 50.6. The third-order valence-corrected chi connectivity index (χ3v) is 9.33. The molecule has 3 nitrogen and oxygen atoms in total. The molecule has 4 saturated carbocycles. The van der Waals surface area contributed by atoms with Gasteiger partial charge in [0.2, 0.25) is 6.29 Å². The summed E-state index contributed by atoms with van der Waals surface area (Å²) in [6.07, 6.45) is 6.67. The second-order valence-corrected chi connectivity index (χ2v) is 11.1. The van der Waals surface area contributed by atoms with Crippen molar-refractivity contribution in [3.8, 4) is 0 Å². The molecule has 0 aromatic rings. The fraction of sp³-hybridized carbons (Fsp3) is 0.958. The maximum atomic E-state index is 13.0. The molecule has 0 aromatic carbocycles. The summed E-state index contributed by atoms with van der Waals surface area (Å²) in [5.74, 6) is 8.48. The Bertz CT molecular complexity index is 578. The number of fused-ring (bicyclic) bond motifs is 9. The van der Waals surface area contributed by atoms with Crippen molar-refractivity contribution in [2.45, 2.75) is 72.5 Å². The number of carbonyl (C=O) groups excluding carboxylic acids is 1. The molecule has 10 atom stereocenters. The van der Waals surface area contributed by atoms with Crippen LogP contribution >= 0.6 is 0 Å². The molecular weight excluding hydrogens is 336 g/mol. The second-order valence-electron chi connectivity index (χ2n) is 11.1. The fourth-order valence-electron chi connectivity index (χ4n) is 8.88. The standard InChI is InChI=1S/C24H38O3/c1-12(2)20-17-11-18(21(20)13(3)4)23-15-9-14(22(17)23)10-16(15)24(25)27-19-7-5-6-8-26-19/h12-23H,5-11H2,1-4H3. The molecular formula is C24H38O3. The van der Waals surface area contributed by atoms with Gasteiger partial charge in [0.25, 0.3) is 0 Å². The highest BCUT2D eigenvalue weighted by molar-refractivity contribution is 5.73. The number of carbonyl (C=O) groups is 1. The molecule has 0 amide bonds. The molecule has 5 rings (SSSR count). The molecule has 1 saturated heterocycles. The Kier molecular flexibility index (Phi) is 4.61. The van der Waals surface area contributed by atoms with Gasteiger partial charge in [-0.3, -0.25) is 4.79 Å². The lowest BCUT2D eigenvalue weighted by Gasteiger charge is -2.47. The van der Waals surface area contributed by atoms with Crippen LogP contribution in [0.2, 0.25) is 0 Å². The van der Waals surface area contributed by atoms with Crippen molar-refractivity contribution in [3.63, 3.8) is 0 Å². The van der Waals surface area contributed by atoms with E-state index in [1.54, 1.807) is 0 Å². The molecule has 0 radical (unpaired) electrons. The van der Waals surface area contributed by atoms with Crippen LogP contribution < -0.4 is 0 Å². The van der Waals surface area contributed by atoms with Crippen molar-refractivity contribution in [1.29, 1.82) is 0 Å². The third kappa shape index (κ3) is 2.74. The zero-order chi connectivity index (χ0) is 18.9. The van der Waals surface area contributed by atoms with Crippen LogP contribution in [0.4, 0.5) is 0 Å². The SMILES string of the molecule is CC(C)C1C2CC(C1C(C)C)C1C3CC(CC3C(=O)OC3CCCCO3)C21. The van der Waals surface area contributed by atoms with Crippen molar-refractivity contribution < 1.29 is 14.3 Å². The summed E-state index contributed by atoms with van der Waals surface area (Å²) in [6.45, 7) is 10.5. The summed E-state index contributed by atoms with van der Waals surface area (Å²) in [7, 11) is 0. The zero-order valence-electron chi connectivity index (χ0n) is 17.6. The summed E-state index contributed by atoms with van der Waals surface area (Å²) >= 11 is 0. The van der Waals surface area contributed by atoms with Crippen molar-refractivity contribution in [3.05, 3.63) is 0 Å². The van der Waals surface area contributed by atoms with Gasteiger partial charge in [0.05, 0.1) is 12.5 Å². The molecule has 10 unspecified atom stereocenters. The first kappa shape index (κ1) is 18.5. The largest absolute Gasteiger partial charge is 0.436 e. The maximum Gasteiger partial charge on any atom is 0.311 e. The first-order valence-electron chi connectivity index (χ1n) is 11.8. The van der Waals surface area contributed by atoms with E-state index in [9.17, 15) is 4.79 Å². The summed E-state index contributed by atoms with van der Waals surface area (Å²) in [4.78, 5) is 13.0. The van der Waals surface area contributed by atoms with Crippen LogP contribution in [0.5, 0.6) is 0 Å². The van der Waals surface area contributed by atoms with Crippen LogP contribution in [0.15, 0.2) is 0 Å². The number of esters is 1. The van der Waals surface area contributed by atoms with Gasteiger partial charge in [-0.15, -0.1) is 0 Å². The minimum absolute atomic E-state index is 0.0668. The molecule has 0 spiro atoms. The fourth-order valence-corrected chi connectivity index (χ4v) is 8.88. The summed E-state index contributed by atoms with van der Waals surface area (Å²) in [5, 5.41) is 0. The summed E-state index contributed by atoms with van der Waals surface area (Å²) in [5.41, 5.74) is 0. The number of rotatable bonds is 4. The molecule has 27 heavy (non-hydrogen) atoms. The Morgan fingerprint density at radius 1 is 0.889 bits per heavy atom. The molecule has 5 aliphatic rings. The van der Waals surface area contributed by atoms with Gasteiger partial charge < -0.3 is 9.47 Å². The van der Waals surface area contributed by atoms with Crippen LogP contribution in [0.3, 0.4) is 0 Å². The van der Waals surface area contributed by atoms with Crippen molar-refractivity contribution in [2.75, 3.05) is 6.61 Å². The Morgan fingerprint density at radius 2 is 1.59 bits per heavy atom. The topological polar surface area (TPSA) is 35.5 Å². The lowest BCUT2D eigenvalue weighted by molar-refractivity contribution is -0.194. The van der Waals surface area contributed by atoms with Crippen LogP contribution in [-0.4, -0.2) is 18.9 Å². The Balaban J connectivity index is 1.32. The van der Waals surface area contributed by atoms with Crippen LogP contribution in [-0.2, 0) is 14.3 Å². The van der Waals surface area contributed by atoms with Gasteiger partial charge in [-0.2, -0.15) is 0 Å². The molecule has 4 aliphatic carbocycles. The number of hydrogen-bond acceptors (Lipinski definition) is 3. The highest BCUT2D eigenvalue weighted by atomic mass is 16.7. The van der Waals surface area contributed by atoms with E-state index in [1.807, 2.05) is 0 Å². The Hall–Kier alpha value is -0.570. The van der Waals surface area contributed by atoms with Gasteiger partial charge in [-0.1, -0.05) is 27.7 Å². The Morgan fingerprint density at radius 3 is 2.22 bits per heavy atom. The Labute approximate surface area is 164 Å². The quantitative estimate of drug-likeness (QED) is 0.505. The average molecular weight is 375 g/mol. The molecule has 0 N–H and O–H groups in total. The lowest BCUT2D eigenvalue weighted by Crippen LogP contribution is -2.45. The van der Waals surface area contributed by atoms with Crippen molar-refractivity contribution in [2.24, 2.45) is 65.1 Å². The van der Waals surface area contributed by atoms with E-state index >= 15 is 0 Å². The van der Waals surface area contributed by atoms with E-state index in [0.717, 1.165) is 85.6 Å². The second kappa shape index (κ2) is 6.75. The van der Waals surface area contributed by atoms with E-state index in [4.69, 9.17) is 9.47 Å². The summed E-state index contributed by atoms with van der Waals surface area (Å²) < 4.78 is 11.5. The van der Waals surface area contributed by atoms with E-state index in [-0.39, 0.29) is 18.2 Å². The zero-order valence-corrected chi connectivity index (χ0v) is 17.6. The first-order valence-corrected chi connectivity index (χ1v) is 11.8. The number of ether oxygens (including phenoxy) is 2. The van der Waals surface area contributed by atoms with Crippen molar-refractivity contribution >= 4 is 5.97 Å². The third-order valence-electron chi connectivity index (χ3n) is 9.33. The van der Waals surface area contributed by atoms with Gasteiger partial charge in [0, 0.05) is 6.42 Å². The summed E-state index contributed by atoms with van der Waals surface area (Å²) in [6, 6.07) is 0. The molecule has 0 aromatic heterocycles. The lowest BCUT2D eigenvalue weighted by atomic mass is 9.57. The maximum absolute atomic E-state index is 13.0. The van der Waals surface area contributed by atoms with Gasteiger partial charge >= 0.3 is 5.97 Å².